The summed E-state index contributed by atoms with van der Waals surface area (Å²) in [5, 5.41) is 3.91. The highest BCUT2D eigenvalue weighted by molar-refractivity contribution is 5.43. The minimum absolute atomic E-state index is 0.189. The number of allylic oxidation sites excluding steroid dienone is 2. The molecule has 0 unspecified atom stereocenters. The monoisotopic (exact) mass is 350 g/mol. The van der Waals surface area contributed by atoms with Gasteiger partial charge >= 0.3 is 0 Å². The average molecular weight is 350 g/mol. The van der Waals surface area contributed by atoms with Crippen molar-refractivity contribution >= 4 is 0 Å². The number of nitrogens with zero attached hydrogens (tertiary/aromatic N) is 1. The van der Waals surface area contributed by atoms with Gasteiger partial charge in [0, 0.05) is 23.8 Å². The molecule has 0 bridgehead atoms. The van der Waals surface area contributed by atoms with Gasteiger partial charge in [-0.2, -0.15) is 0 Å². The molecule has 4 nitrogen and oxygen atoms in total. The van der Waals surface area contributed by atoms with Crippen molar-refractivity contribution in [1.82, 2.24) is 10.3 Å². The van der Waals surface area contributed by atoms with Gasteiger partial charge in [0.15, 0.2) is 0 Å². The molecule has 4 heteroatoms. The summed E-state index contributed by atoms with van der Waals surface area (Å²) >= 11 is 0. The van der Waals surface area contributed by atoms with Crippen molar-refractivity contribution in [2.75, 3.05) is 14.2 Å². The Labute approximate surface area is 155 Å². The van der Waals surface area contributed by atoms with E-state index in [1.165, 1.54) is 17.5 Å². The Morgan fingerprint density at radius 1 is 1.08 bits per heavy atom. The number of aromatic nitrogens is 1. The lowest BCUT2D eigenvalue weighted by molar-refractivity contribution is 0.282. The van der Waals surface area contributed by atoms with Crippen molar-refractivity contribution in [3.05, 3.63) is 65.4 Å². The quantitative estimate of drug-likeness (QED) is 0.831. The Bertz CT molecular complexity index is 802. The van der Waals surface area contributed by atoms with Gasteiger partial charge in [-0.3, -0.25) is 0 Å². The van der Waals surface area contributed by atoms with Gasteiger partial charge in [-0.25, -0.2) is 4.98 Å². The summed E-state index contributed by atoms with van der Waals surface area (Å²) in [6.45, 7) is 0. The van der Waals surface area contributed by atoms with E-state index in [0.29, 0.717) is 17.8 Å². The molecule has 26 heavy (non-hydrogen) atoms. The van der Waals surface area contributed by atoms with Crippen molar-refractivity contribution in [1.29, 1.82) is 0 Å². The lowest BCUT2D eigenvalue weighted by Crippen LogP contribution is -2.38. The van der Waals surface area contributed by atoms with Crippen LogP contribution in [0, 0.1) is 5.92 Å². The van der Waals surface area contributed by atoms with Crippen molar-refractivity contribution < 1.29 is 9.47 Å². The number of ether oxygens (including phenoxy) is 2. The zero-order chi connectivity index (χ0) is 17.9. The second-order valence-corrected chi connectivity index (χ2v) is 7.11. The fraction of sp³-hybridized carbons (Fsp3) is 0.409. The number of methoxy groups -OCH3 is 2. The molecular formula is C22H26N2O2. The van der Waals surface area contributed by atoms with E-state index in [1.807, 2.05) is 6.07 Å². The highest BCUT2D eigenvalue weighted by atomic mass is 16.5. The summed E-state index contributed by atoms with van der Waals surface area (Å²) in [5.74, 6) is 2.24. The van der Waals surface area contributed by atoms with Gasteiger partial charge in [0.1, 0.15) is 5.75 Å². The minimum Gasteiger partial charge on any atom is -0.497 e. The van der Waals surface area contributed by atoms with Gasteiger partial charge in [0.05, 0.1) is 14.2 Å². The Balaban J connectivity index is 1.73. The summed E-state index contributed by atoms with van der Waals surface area (Å²) in [4.78, 5) is 4.40. The Morgan fingerprint density at radius 2 is 2.00 bits per heavy atom. The van der Waals surface area contributed by atoms with E-state index in [4.69, 9.17) is 9.47 Å². The SMILES string of the molecule is COc1ccc2c(c1)C[C@@H](c1cccnc1OC)N[C@H]2[C@H]1CC=CCC1. The van der Waals surface area contributed by atoms with Crippen molar-refractivity contribution in [2.24, 2.45) is 5.92 Å². The molecule has 2 heterocycles. The third-order valence-electron chi connectivity index (χ3n) is 5.64. The normalized spacial score (nSPS) is 24.8. The fourth-order valence-electron chi connectivity index (χ4n) is 4.32. The Hall–Kier alpha value is -2.33. The molecule has 3 atom stereocenters. The van der Waals surface area contributed by atoms with Crippen LogP contribution in [0.15, 0.2) is 48.7 Å². The Morgan fingerprint density at radius 3 is 2.77 bits per heavy atom. The lowest BCUT2D eigenvalue weighted by Gasteiger charge is -2.39. The molecule has 0 amide bonds. The highest BCUT2D eigenvalue weighted by Gasteiger charge is 2.33. The molecule has 2 aliphatic rings. The van der Waals surface area contributed by atoms with E-state index < -0.39 is 0 Å². The molecule has 0 saturated heterocycles. The average Bonchev–Trinajstić information content (AvgIpc) is 2.73. The molecule has 136 valence electrons. The molecule has 1 aromatic carbocycles. The number of benzene rings is 1. The van der Waals surface area contributed by atoms with E-state index in [1.54, 1.807) is 20.4 Å². The first-order valence-corrected chi connectivity index (χ1v) is 9.37. The second-order valence-electron chi connectivity index (χ2n) is 7.11. The van der Waals surface area contributed by atoms with E-state index in [9.17, 15) is 0 Å². The largest absolute Gasteiger partial charge is 0.497 e. The zero-order valence-corrected chi connectivity index (χ0v) is 15.4. The number of fused-ring (bicyclic) bond motifs is 1. The molecule has 0 radical (unpaired) electrons. The number of hydrogen-bond acceptors (Lipinski definition) is 4. The van der Waals surface area contributed by atoms with Gasteiger partial charge in [-0.1, -0.05) is 24.3 Å². The maximum atomic E-state index is 5.53. The molecule has 4 rings (SSSR count). The van der Waals surface area contributed by atoms with Crippen LogP contribution in [-0.2, 0) is 6.42 Å². The molecule has 1 aromatic heterocycles. The molecule has 1 N–H and O–H groups in total. The number of rotatable bonds is 4. The van der Waals surface area contributed by atoms with Crippen LogP contribution in [0.4, 0.5) is 0 Å². The topological polar surface area (TPSA) is 43.4 Å². The van der Waals surface area contributed by atoms with E-state index >= 15 is 0 Å². The van der Waals surface area contributed by atoms with Crippen LogP contribution in [0.5, 0.6) is 11.6 Å². The standard InChI is InChI=1S/C22H26N2O2/c1-25-17-10-11-18-16(13-17)14-20(19-9-6-12-23-22(19)26-2)24-21(18)15-7-4-3-5-8-15/h3-4,6,9-13,15,20-21,24H,5,7-8,14H2,1-2H3/t15-,20-,21-/m0/s1. The van der Waals surface area contributed by atoms with Crippen LogP contribution in [0.1, 0.15) is 48.0 Å². The second kappa shape index (κ2) is 7.50. The van der Waals surface area contributed by atoms with Crippen LogP contribution in [0.3, 0.4) is 0 Å². The van der Waals surface area contributed by atoms with Gasteiger partial charge < -0.3 is 14.8 Å². The molecule has 1 aliphatic heterocycles. The molecule has 2 aromatic rings. The summed E-state index contributed by atoms with van der Waals surface area (Å²) in [6, 6.07) is 11.1. The first kappa shape index (κ1) is 17.1. The highest BCUT2D eigenvalue weighted by Crippen LogP contribution is 2.42. The maximum Gasteiger partial charge on any atom is 0.217 e. The summed E-state index contributed by atoms with van der Waals surface area (Å²) in [5.41, 5.74) is 3.89. The van der Waals surface area contributed by atoms with E-state index in [0.717, 1.165) is 30.6 Å². The Kier molecular flexibility index (Phi) is 4.93. The lowest BCUT2D eigenvalue weighted by atomic mass is 9.78. The number of pyridine rings is 1. The van der Waals surface area contributed by atoms with Gasteiger partial charge in [0.25, 0.3) is 0 Å². The maximum absolute atomic E-state index is 5.53. The van der Waals surface area contributed by atoms with Gasteiger partial charge in [0.2, 0.25) is 5.88 Å². The van der Waals surface area contributed by atoms with Crippen LogP contribution < -0.4 is 14.8 Å². The smallest absolute Gasteiger partial charge is 0.217 e. The third-order valence-corrected chi connectivity index (χ3v) is 5.64. The zero-order valence-electron chi connectivity index (χ0n) is 15.4. The minimum atomic E-state index is 0.189. The predicted molar refractivity (Wildman–Crippen MR) is 103 cm³/mol. The van der Waals surface area contributed by atoms with Crippen molar-refractivity contribution in [3.63, 3.8) is 0 Å². The van der Waals surface area contributed by atoms with Gasteiger partial charge in [-0.15, -0.1) is 0 Å². The summed E-state index contributed by atoms with van der Waals surface area (Å²) < 4.78 is 11.0. The van der Waals surface area contributed by atoms with Crippen molar-refractivity contribution in [3.8, 4) is 11.6 Å². The van der Waals surface area contributed by atoms with Crippen LogP contribution in [0.2, 0.25) is 0 Å². The first-order chi connectivity index (χ1) is 12.8. The van der Waals surface area contributed by atoms with Gasteiger partial charge in [-0.05, 0) is 60.9 Å². The number of nitrogens with one attached hydrogen (secondary N) is 1. The third kappa shape index (κ3) is 3.21. The van der Waals surface area contributed by atoms with Crippen LogP contribution in [-0.4, -0.2) is 19.2 Å². The van der Waals surface area contributed by atoms with E-state index in [-0.39, 0.29) is 6.04 Å². The first-order valence-electron chi connectivity index (χ1n) is 9.37. The van der Waals surface area contributed by atoms with Crippen LogP contribution in [0.25, 0.3) is 0 Å². The molecule has 0 spiro atoms. The van der Waals surface area contributed by atoms with Crippen molar-refractivity contribution in [2.45, 2.75) is 37.8 Å². The summed E-state index contributed by atoms with van der Waals surface area (Å²) in [6.07, 6.45) is 10.8. The molecule has 0 fully saturated rings. The molecule has 1 aliphatic carbocycles. The molecule has 0 saturated carbocycles. The molecular weight excluding hydrogens is 324 g/mol. The van der Waals surface area contributed by atoms with E-state index in [2.05, 4.69) is 46.7 Å². The predicted octanol–water partition coefficient (Wildman–Crippen LogP) is 4.38. The summed E-state index contributed by atoms with van der Waals surface area (Å²) in [7, 11) is 3.42. The number of hydrogen-bond donors (Lipinski definition) is 1. The van der Waals surface area contributed by atoms with Crippen LogP contribution >= 0.6 is 0 Å². The fourth-order valence-corrected chi connectivity index (χ4v) is 4.32.